The van der Waals surface area contributed by atoms with Crippen LogP contribution in [-0.4, -0.2) is 20.8 Å². The second kappa shape index (κ2) is 5.67. The Balaban J connectivity index is 3.10. The Morgan fingerprint density at radius 3 is 2.31 bits per heavy atom. The fourth-order valence-corrected chi connectivity index (χ4v) is 1.49. The van der Waals surface area contributed by atoms with Crippen molar-refractivity contribution in [3.8, 4) is 11.5 Å². The molecule has 0 aromatic heterocycles. The third-order valence-electron chi connectivity index (χ3n) is 2.38. The van der Waals surface area contributed by atoms with E-state index in [1.165, 1.54) is 20.3 Å². The number of halogens is 1. The summed E-state index contributed by atoms with van der Waals surface area (Å²) in [5.74, 6) is 0.411. The molecule has 0 fully saturated rings. The van der Waals surface area contributed by atoms with E-state index in [4.69, 9.17) is 20.9 Å². The maximum Gasteiger partial charge on any atom is 0.163 e. The van der Waals surface area contributed by atoms with E-state index >= 15 is 0 Å². The molecule has 0 radical (unpaired) electrons. The monoisotopic (exact) mass is 228 g/mol. The normalized spacial score (nSPS) is 12.3. The Bertz CT molecular complexity index is 358. The molecule has 0 aliphatic rings. The first kappa shape index (κ1) is 12.7. The van der Waals surface area contributed by atoms with E-state index in [-0.39, 0.29) is 0 Å². The molecule has 0 unspecified atom stereocenters. The van der Waals surface area contributed by atoms with E-state index in [9.17, 15) is 4.39 Å². The van der Waals surface area contributed by atoms with Gasteiger partial charge in [0.05, 0.1) is 14.2 Å². The second-order valence-corrected chi connectivity index (χ2v) is 3.41. The maximum absolute atomic E-state index is 13.7. The van der Waals surface area contributed by atoms with Gasteiger partial charge in [-0.3, -0.25) is 0 Å². The van der Waals surface area contributed by atoms with Crippen molar-refractivity contribution in [3.05, 3.63) is 23.5 Å². The molecule has 90 valence electrons. The largest absolute Gasteiger partial charge is 0.493 e. The predicted molar refractivity (Wildman–Crippen MR) is 60.1 cm³/mol. The van der Waals surface area contributed by atoms with Gasteiger partial charge in [-0.05, 0) is 19.0 Å². The van der Waals surface area contributed by atoms with E-state index < -0.39 is 11.9 Å². The zero-order valence-electron chi connectivity index (χ0n) is 9.50. The lowest BCUT2D eigenvalue weighted by Crippen LogP contribution is -2.16. The highest BCUT2D eigenvalue weighted by molar-refractivity contribution is 5.44. The molecule has 0 bridgehead atoms. The zero-order chi connectivity index (χ0) is 12.1. The van der Waals surface area contributed by atoms with Crippen molar-refractivity contribution in [1.29, 1.82) is 0 Å². The van der Waals surface area contributed by atoms with Gasteiger partial charge in [-0.2, -0.15) is 0 Å². The van der Waals surface area contributed by atoms with E-state index in [2.05, 4.69) is 0 Å². The van der Waals surface area contributed by atoms with Crippen molar-refractivity contribution < 1.29 is 13.9 Å². The lowest BCUT2D eigenvalue weighted by molar-refractivity contribution is 0.351. The summed E-state index contributed by atoms with van der Waals surface area (Å²) >= 11 is 0. The average Bonchev–Trinajstić information content (AvgIpc) is 2.28. The van der Waals surface area contributed by atoms with Gasteiger partial charge in [0.15, 0.2) is 11.5 Å². The summed E-state index contributed by atoms with van der Waals surface area (Å²) in [6, 6.07) is 2.39. The summed E-state index contributed by atoms with van der Waals surface area (Å²) < 4.78 is 23.7. The standard InChI is InChI=1S/C11H17FN2O2/c1-15-10-5-7(9(14)3-4-13)8(12)6-11(10)16-2/h5-6,9H,3-4,13-14H2,1-2H3/t9-/m0/s1. The molecule has 1 aromatic carbocycles. The predicted octanol–water partition coefficient (Wildman–Crippen LogP) is 1.19. The van der Waals surface area contributed by atoms with Crippen LogP contribution in [-0.2, 0) is 0 Å². The van der Waals surface area contributed by atoms with Gasteiger partial charge in [-0.1, -0.05) is 0 Å². The van der Waals surface area contributed by atoms with Gasteiger partial charge in [-0.25, -0.2) is 4.39 Å². The molecule has 0 heterocycles. The summed E-state index contributed by atoms with van der Waals surface area (Å²) in [6.07, 6.45) is 0.520. The van der Waals surface area contributed by atoms with Crippen LogP contribution in [0.2, 0.25) is 0 Å². The SMILES string of the molecule is COc1cc(F)c([C@@H](N)CCN)cc1OC. The number of hydrogen-bond acceptors (Lipinski definition) is 4. The van der Waals surface area contributed by atoms with Crippen LogP contribution in [0.25, 0.3) is 0 Å². The number of methoxy groups -OCH3 is 2. The average molecular weight is 228 g/mol. The minimum absolute atomic E-state index is 0.351. The van der Waals surface area contributed by atoms with Gasteiger partial charge in [0.1, 0.15) is 5.82 Å². The van der Waals surface area contributed by atoms with Crippen molar-refractivity contribution in [2.75, 3.05) is 20.8 Å². The van der Waals surface area contributed by atoms with Gasteiger partial charge in [0, 0.05) is 17.7 Å². The lowest BCUT2D eigenvalue weighted by Gasteiger charge is -2.15. The summed E-state index contributed by atoms with van der Waals surface area (Å²) in [7, 11) is 2.95. The highest BCUT2D eigenvalue weighted by Crippen LogP contribution is 2.32. The Hall–Kier alpha value is -1.33. The fourth-order valence-electron chi connectivity index (χ4n) is 1.49. The van der Waals surface area contributed by atoms with Gasteiger partial charge in [0.25, 0.3) is 0 Å². The van der Waals surface area contributed by atoms with Gasteiger partial charge >= 0.3 is 0 Å². The quantitative estimate of drug-likeness (QED) is 0.794. The van der Waals surface area contributed by atoms with E-state index in [0.717, 1.165) is 0 Å². The molecule has 0 saturated carbocycles. The first-order valence-electron chi connectivity index (χ1n) is 5.01. The number of ether oxygens (including phenoxy) is 2. The van der Waals surface area contributed by atoms with Crippen molar-refractivity contribution in [1.82, 2.24) is 0 Å². The minimum atomic E-state index is -0.426. The molecule has 1 rings (SSSR count). The molecule has 0 amide bonds. The molecule has 4 N–H and O–H groups in total. The Kier molecular flexibility index (Phi) is 4.52. The first-order valence-corrected chi connectivity index (χ1v) is 5.01. The van der Waals surface area contributed by atoms with Crippen molar-refractivity contribution >= 4 is 0 Å². The lowest BCUT2D eigenvalue weighted by atomic mass is 10.0. The van der Waals surface area contributed by atoms with Crippen molar-refractivity contribution in [2.45, 2.75) is 12.5 Å². The van der Waals surface area contributed by atoms with Crippen LogP contribution in [0.5, 0.6) is 11.5 Å². The van der Waals surface area contributed by atoms with Crippen LogP contribution in [0.15, 0.2) is 12.1 Å². The third kappa shape index (κ3) is 2.62. The summed E-state index contributed by atoms with van der Waals surface area (Å²) in [4.78, 5) is 0. The molecule has 1 atom stereocenters. The molecule has 16 heavy (non-hydrogen) atoms. The Morgan fingerprint density at radius 1 is 1.25 bits per heavy atom. The van der Waals surface area contributed by atoms with E-state index in [1.807, 2.05) is 0 Å². The van der Waals surface area contributed by atoms with Crippen molar-refractivity contribution in [2.24, 2.45) is 11.5 Å². The highest BCUT2D eigenvalue weighted by Gasteiger charge is 2.15. The molecule has 1 aromatic rings. The Labute approximate surface area is 94.3 Å². The molecule has 0 aliphatic heterocycles. The Morgan fingerprint density at radius 2 is 1.81 bits per heavy atom. The van der Waals surface area contributed by atoms with Crippen LogP contribution >= 0.6 is 0 Å². The minimum Gasteiger partial charge on any atom is -0.493 e. The summed E-state index contributed by atoms with van der Waals surface area (Å²) in [5, 5.41) is 0. The fraction of sp³-hybridized carbons (Fsp3) is 0.455. The summed E-state index contributed by atoms with van der Waals surface area (Å²) in [5.41, 5.74) is 11.6. The van der Waals surface area contributed by atoms with Crippen LogP contribution in [0.4, 0.5) is 4.39 Å². The molecule has 0 saturated heterocycles. The second-order valence-electron chi connectivity index (χ2n) is 3.41. The van der Waals surface area contributed by atoms with E-state index in [0.29, 0.717) is 30.0 Å². The number of nitrogens with two attached hydrogens (primary N) is 2. The van der Waals surface area contributed by atoms with Crippen LogP contribution < -0.4 is 20.9 Å². The number of benzene rings is 1. The van der Waals surface area contributed by atoms with Crippen LogP contribution in [0, 0.1) is 5.82 Å². The highest BCUT2D eigenvalue weighted by atomic mass is 19.1. The maximum atomic E-state index is 13.7. The molecular weight excluding hydrogens is 211 g/mol. The van der Waals surface area contributed by atoms with E-state index in [1.54, 1.807) is 6.07 Å². The molecule has 0 aliphatic carbocycles. The number of rotatable bonds is 5. The topological polar surface area (TPSA) is 70.5 Å². The third-order valence-corrected chi connectivity index (χ3v) is 2.38. The molecule has 5 heteroatoms. The molecule has 0 spiro atoms. The number of hydrogen-bond donors (Lipinski definition) is 2. The zero-order valence-corrected chi connectivity index (χ0v) is 9.50. The van der Waals surface area contributed by atoms with Crippen LogP contribution in [0.3, 0.4) is 0 Å². The van der Waals surface area contributed by atoms with Gasteiger partial charge in [-0.15, -0.1) is 0 Å². The first-order chi connectivity index (χ1) is 7.63. The van der Waals surface area contributed by atoms with Gasteiger partial charge in [0.2, 0.25) is 0 Å². The molecule has 4 nitrogen and oxygen atoms in total. The molecular formula is C11H17FN2O2. The summed E-state index contributed by atoms with van der Waals surface area (Å²) in [6.45, 7) is 0.412. The van der Waals surface area contributed by atoms with Gasteiger partial charge < -0.3 is 20.9 Å². The van der Waals surface area contributed by atoms with Crippen molar-refractivity contribution in [3.63, 3.8) is 0 Å². The van der Waals surface area contributed by atoms with Crippen LogP contribution in [0.1, 0.15) is 18.0 Å². The smallest absolute Gasteiger partial charge is 0.163 e.